The number of hydrogen-bond acceptors (Lipinski definition) is 2. The Kier molecular flexibility index (Phi) is 5.15. The Balaban J connectivity index is 2.15. The molecule has 0 bridgehead atoms. The first-order valence-corrected chi connectivity index (χ1v) is 5.62. The zero-order valence-corrected chi connectivity index (χ0v) is 9.32. The van der Waals surface area contributed by atoms with Gasteiger partial charge < -0.3 is 4.90 Å². The van der Waals surface area contributed by atoms with Crippen molar-refractivity contribution in [3.05, 3.63) is 0 Å². The van der Waals surface area contributed by atoms with Crippen molar-refractivity contribution in [3.63, 3.8) is 0 Å². The van der Waals surface area contributed by atoms with Crippen LogP contribution >= 0.6 is 11.6 Å². The molecule has 1 heterocycles. The Morgan fingerprint density at radius 2 is 1.40 bits per heavy atom. The molecule has 0 aromatic heterocycles. The van der Waals surface area contributed by atoms with Crippen LogP contribution in [0.5, 0.6) is 0 Å². The first-order valence-electron chi connectivity index (χ1n) is 5.09. The standard InChI is InChI=1S/C9H16ClF3N2/c10-2-4-15-7-5-14(6-8-15)3-1-9(11,12)13/h1-8H2. The molecule has 1 aliphatic rings. The molecule has 0 spiro atoms. The average Bonchev–Trinajstić information content (AvgIpc) is 2.16. The number of nitrogens with zero attached hydrogens (tertiary/aromatic N) is 2. The van der Waals surface area contributed by atoms with Crippen molar-refractivity contribution in [1.82, 2.24) is 9.80 Å². The van der Waals surface area contributed by atoms with E-state index in [-0.39, 0.29) is 6.54 Å². The normalized spacial score (nSPS) is 20.8. The van der Waals surface area contributed by atoms with Crippen LogP contribution < -0.4 is 0 Å². The molecule has 0 unspecified atom stereocenters. The molecule has 0 radical (unpaired) electrons. The van der Waals surface area contributed by atoms with Gasteiger partial charge in [0.05, 0.1) is 6.42 Å². The minimum atomic E-state index is -4.03. The summed E-state index contributed by atoms with van der Waals surface area (Å²) < 4.78 is 35.9. The van der Waals surface area contributed by atoms with Gasteiger partial charge in [-0.25, -0.2) is 0 Å². The first-order chi connectivity index (χ1) is 7.01. The fourth-order valence-corrected chi connectivity index (χ4v) is 1.88. The zero-order chi connectivity index (χ0) is 11.3. The molecule has 0 N–H and O–H groups in total. The molecule has 1 fully saturated rings. The summed E-state index contributed by atoms with van der Waals surface area (Å²) in [6.45, 7) is 4.03. The van der Waals surface area contributed by atoms with Crippen LogP contribution in [0.1, 0.15) is 6.42 Å². The third-order valence-corrected chi connectivity index (χ3v) is 2.75. The summed E-state index contributed by atoms with van der Waals surface area (Å²) in [4.78, 5) is 4.04. The molecule has 0 aromatic carbocycles. The SMILES string of the molecule is FC(F)(F)CCN1CCN(CCCl)CC1. The molecule has 0 atom stereocenters. The van der Waals surface area contributed by atoms with Gasteiger partial charge in [-0.3, -0.25) is 4.90 Å². The summed E-state index contributed by atoms with van der Waals surface area (Å²) in [5.41, 5.74) is 0. The molecule has 1 rings (SSSR count). The Morgan fingerprint density at radius 1 is 0.933 bits per heavy atom. The van der Waals surface area contributed by atoms with E-state index in [1.807, 2.05) is 4.90 Å². The van der Waals surface area contributed by atoms with Crippen LogP contribution in [-0.2, 0) is 0 Å². The predicted octanol–water partition coefficient (Wildman–Crippen LogP) is 1.80. The van der Waals surface area contributed by atoms with Crippen LogP contribution in [0.25, 0.3) is 0 Å². The second kappa shape index (κ2) is 5.92. The lowest BCUT2D eigenvalue weighted by molar-refractivity contribution is -0.138. The largest absolute Gasteiger partial charge is 0.390 e. The molecule has 15 heavy (non-hydrogen) atoms. The second-order valence-electron chi connectivity index (χ2n) is 3.74. The number of hydrogen-bond donors (Lipinski definition) is 0. The number of rotatable bonds is 4. The van der Waals surface area contributed by atoms with E-state index in [0.717, 1.165) is 19.6 Å². The monoisotopic (exact) mass is 244 g/mol. The van der Waals surface area contributed by atoms with Gasteiger partial charge in [0.15, 0.2) is 0 Å². The Bertz CT molecular complexity index is 179. The molecule has 90 valence electrons. The van der Waals surface area contributed by atoms with E-state index in [2.05, 4.69) is 4.90 Å². The quantitative estimate of drug-likeness (QED) is 0.696. The van der Waals surface area contributed by atoms with Crippen LogP contribution in [-0.4, -0.2) is 61.1 Å². The van der Waals surface area contributed by atoms with Gasteiger partial charge in [-0.1, -0.05) is 0 Å². The minimum absolute atomic E-state index is 0.123. The molecular formula is C9H16ClF3N2. The van der Waals surface area contributed by atoms with Crippen molar-refractivity contribution in [1.29, 1.82) is 0 Å². The van der Waals surface area contributed by atoms with Crippen molar-refractivity contribution < 1.29 is 13.2 Å². The molecule has 0 aromatic rings. The Hall–Kier alpha value is 0. The van der Waals surface area contributed by atoms with Gasteiger partial charge in [0.2, 0.25) is 0 Å². The first kappa shape index (κ1) is 13.1. The lowest BCUT2D eigenvalue weighted by Gasteiger charge is -2.34. The fourth-order valence-electron chi connectivity index (χ4n) is 1.64. The highest BCUT2D eigenvalue weighted by Gasteiger charge is 2.28. The van der Waals surface area contributed by atoms with Crippen LogP contribution in [0.2, 0.25) is 0 Å². The van der Waals surface area contributed by atoms with Crippen LogP contribution in [0.3, 0.4) is 0 Å². The van der Waals surface area contributed by atoms with Crippen molar-refractivity contribution in [3.8, 4) is 0 Å². The van der Waals surface area contributed by atoms with Gasteiger partial charge in [0, 0.05) is 45.1 Å². The number of piperazine rings is 1. The van der Waals surface area contributed by atoms with Crippen molar-refractivity contribution in [2.24, 2.45) is 0 Å². The third kappa shape index (κ3) is 5.58. The Labute approximate surface area is 93.0 Å². The molecule has 6 heteroatoms. The predicted molar refractivity (Wildman–Crippen MR) is 54.3 cm³/mol. The highest BCUT2D eigenvalue weighted by molar-refractivity contribution is 6.18. The summed E-state index contributed by atoms with van der Waals surface area (Å²) in [5.74, 6) is 0.586. The molecule has 2 nitrogen and oxygen atoms in total. The van der Waals surface area contributed by atoms with Gasteiger partial charge in [0.25, 0.3) is 0 Å². The van der Waals surface area contributed by atoms with Crippen LogP contribution in [0.4, 0.5) is 13.2 Å². The zero-order valence-electron chi connectivity index (χ0n) is 8.56. The highest BCUT2D eigenvalue weighted by Crippen LogP contribution is 2.20. The van der Waals surface area contributed by atoms with E-state index in [1.165, 1.54) is 0 Å². The molecular weight excluding hydrogens is 229 g/mol. The lowest BCUT2D eigenvalue weighted by Crippen LogP contribution is -2.47. The smallest absolute Gasteiger partial charge is 0.300 e. The maximum atomic E-state index is 12.0. The summed E-state index contributed by atoms with van der Waals surface area (Å²) in [6.07, 6.45) is -4.74. The van der Waals surface area contributed by atoms with Crippen molar-refractivity contribution in [2.75, 3.05) is 45.1 Å². The van der Waals surface area contributed by atoms with E-state index >= 15 is 0 Å². The summed E-state index contributed by atoms with van der Waals surface area (Å²) in [6, 6.07) is 0. The maximum absolute atomic E-state index is 12.0. The number of halogens is 4. The summed E-state index contributed by atoms with van der Waals surface area (Å²) in [5, 5.41) is 0. The molecule has 0 saturated carbocycles. The van der Waals surface area contributed by atoms with Crippen LogP contribution in [0, 0.1) is 0 Å². The van der Waals surface area contributed by atoms with E-state index in [4.69, 9.17) is 11.6 Å². The maximum Gasteiger partial charge on any atom is 0.390 e. The molecule has 0 amide bonds. The van der Waals surface area contributed by atoms with Crippen molar-refractivity contribution >= 4 is 11.6 Å². The lowest BCUT2D eigenvalue weighted by atomic mass is 10.3. The molecule has 0 aliphatic carbocycles. The van der Waals surface area contributed by atoms with E-state index in [9.17, 15) is 13.2 Å². The summed E-state index contributed by atoms with van der Waals surface area (Å²) >= 11 is 5.59. The highest BCUT2D eigenvalue weighted by atomic mass is 35.5. The van der Waals surface area contributed by atoms with E-state index < -0.39 is 12.6 Å². The van der Waals surface area contributed by atoms with Gasteiger partial charge >= 0.3 is 6.18 Å². The fraction of sp³-hybridized carbons (Fsp3) is 1.00. The van der Waals surface area contributed by atoms with Crippen LogP contribution in [0.15, 0.2) is 0 Å². The second-order valence-corrected chi connectivity index (χ2v) is 4.12. The van der Waals surface area contributed by atoms with Gasteiger partial charge in [-0.15, -0.1) is 11.6 Å². The van der Waals surface area contributed by atoms with E-state index in [1.54, 1.807) is 0 Å². The topological polar surface area (TPSA) is 6.48 Å². The molecule has 1 aliphatic heterocycles. The minimum Gasteiger partial charge on any atom is -0.300 e. The van der Waals surface area contributed by atoms with Crippen molar-refractivity contribution in [2.45, 2.75) is 12.6 Å². The van der Waals surface area contributed by atoms with Gasteiger partial charge in [-0.05, 0) is 0 Å². The Morgan fingerprint density at radius 3 is 1.80 bits per heavy atom. The molecule has 1 saturated heterocycles. The third-order valence-electron chi connectivity index (χ3n) is 2.58. The average molecular weight is 245 g/mol. The van der Waals surface area contributed by atoms with Gasteiger partial charge in [-0.2, -0.15) is 13.2 Å². The van der Waals surface area contributed by atoms with E-state index in [0.29, 0.717) is 19.0 Å². The summed E-state index contributed by atoms with van der Waals surface area (Å²) in [7, 11) is 0. The van der Waals surface area contributed by atoms with Gasteiger partial charge in [0.1, 0.15) is 0 Å². The number of alkyl halides is 4.